The highest BCUT2D eigenvalue weighted by Gasteiger charge is 2.11. The second kappa shape index (κ2) is 6.39. The number of rotatable bonds is 5. The molecule has 2 aromatic rings. The molecule has 20 heavy (non-hydrogen) atoms. The van der Waals surface area contributed by atoms with Crippen LogP contribution >= 0.6 is 0 Å². The molecule has 0 aliphatic carbocycles. The van der Waals surface area contributed by atoms with Gasteiger partial charge in [0.15, 0.2) is 0 Å². The molecule has 1 N–H and O–H groups in total. The first-order valence-corrected chi connectivity index (χ1v) is 6.34. The average molecular weight is 276 g/mol. The molecule has 0 saturated carbocycles. The summed E-state index contributed by atoms with van der Waals surface area (Å²) in [5.41, 5.74) is 1.32. The molecule has 0 aliphatic rings. The zero-order valence-electron chi connectivity index (χ0n) is 11.5. The summed E-state index contributed by atoms with van der Waals surface area (Å²) in [6, 6.07) is 11.6. The molecule has 1 unspecified atom stereocenters. The number of hydrogen-bond acceptors (Lipinski definition) is 3. The molecule has 2 rings (SSSR count). The summed E-state index contributed by atoms with van der Waals surface area (Å²) in [6.07, 6.45) is -0.793. The van der Waals surface area contributed by atoms with Gasteiger partial charge in [0.05, 0.1) is 13.2 Å². The summed E-state index contributed by atoms with van der Waals surface area (Å²) in [4.78, 5) is 0. The summed E-state index contributed by atoms with van der Waals surface area (Å²) in [5, 5.41) is 9.66. The number of halogens is 1. The maximum Gasteiger partial charge on any atom is 0.125 e. The van der Waals surface area contributed by atoms with Crippen molar-refractivity contribution in [2.75, 3.05) is 7.11 Å². The molecular formula is C16H17FO3. The minimum absolute atomic E-state index is 0.287. The van der Waals surface area contributed by atoms with E-state index in [4.69, 9.17) is 9.47 Å². The third-order valence-electron chi connectivity index (χ3n) is 3.00. The van der Waals surface area contributed by atoms with Crippen LogP contribution in [0.25, 0.3) is 0 Å². The van der Waals surface area contributed by atoms with Gasteiger partial charge in [0.1, 0.15) is 23.9 Å². The van der Waals surface area contributed by atoms with E-state index in [1.54, 1.807) is 14.0 Å². The van der Waals surface area contributed by atoms with Gasteiger partial charge in [0.2, 0.25) is 0 Å². The van der Waals surface area contributed by atoms with Gasteiger partial charge in [-0.05, 0) is 31.2 Å². The lowest BCUT2D eigenvalue weighted by molar-refractivity contribution is 0.189. The fourth-order valence-corrected chi connectivity index (χ4v) is 1.95. The van der Waals surface area contributed by atoms with Crippen molar-refractivity contribution in [1.29, 1.82) is 0 Å². The maximum absolute atomic E-state index is 13.2. The van der Waals surface area contributed by atoms with Crippen LogP contribution in [-0.2, 0) is 6.61 Å². The van der Waals surface area contributed by atoms with Gasteiger partial charge in [-0.25, -0.2) is 4.39 Å². The average Bonchev–Trinajstić information content (AvgIpc) is 2.46. The number of para-hydroxylation sites is 1. The Hall–Kier alpha value is -2.07. The molecule has 0 spiro atoms. The van der Waals surface area contributed by atoms with Gasteiger partial charge in [0.25, 0.3) is 0 Å². The number of benzene rings is 2. The Labute approximate surface area is 117 Å². The van der Waals surface area contributed by atoms with Gasteiger partial charge in [0, 0.05) is 11.1 Å². The number of methoxy groups -OCH3 is 1. The fourth-order valence-electron chi connectivity index (χ4n) is 1.95. The van der Waals surface area contributed by atoms with Gasteiger partial charge >= 0.3 is 0 Å². The summed E-state index contributed by atoms with van der Waals surface area (Å²) in [6.45, 7) is 1.86. The first kappa shape index (κ1) is 14.3. The second-order valence-corrected chi connectivity index (χ2v) is 4.46. The van der Waals surface area contributed by atoms with E-state index < -0.39 is 11.9 Å². The Bertz CT molecular complexity index is 582. The smallest absolute Gasteiger partial charge is 0.125 e. The third kappa shape index (κ3) is 3.27. The van der Waals surface area contributed by atoms with E-state index in [1.165, 1.54) is 18.2 Å². The van der Waals surface area contributed by atoms with E-state index in [1.807, 2.05) is 24.3 Å². The van der Waals surface area contributed by atoms with Gasteiger partial charge in [-0.3, -0.25) is 0 Å². The quantitative estimate of drug-likeness (QED) is 0.908. The molecule has 3 nitrogen and oxygen atoms in total. The Morgan fingerprint density at radius 3 is 2.60 bits per heavy atom. The Morgan fingerprint density at radius 2 is 1.90 bits per heavy atom. The lowest BCUT2D eigenvalue weighted by Gasteiger charge is -2.14. The topological polar surface area (TPSA) is 38.7 Å². The highest BCUT2D eigenvalue weighted by atomic mass is 19.1. The molecule has 0 saturated heterocycles. The van der Waals surface area contributed by atoms with Crippen molar-refractivity contribution in [3.63, 3.8) is 0 Å². The standard InChI is InChI=1S/C16H17FO3/c1-11(18)14-9-13(17)7-8-16(14)20-10-12-5-3-4-6-15(12)19-2/h3-9,11,18H,10H2,1-2H3. The molecule has 106 valence electrons. The lowest BCUT2D eigenvalue weighted by atomic mass is 10.1. The van der Waals surface area contributed by atoms with E-state index in [2.05, 4.69) is 0 Å². The predicted octanol–water partition coefficient (Wildman–Crippen LogP) is 3.47. The monoisotopic (exact) mass is 276 g/mol. The number of aliphatic hydroxyl groups is 1. The lowest BCUT2D eigenvalue weighted by Crippen LogP contribution is -2.03. The van der Waals surface area contributed by atoms with Crippen molar-refractivity contribution in [3.8, 4) is 11.5 Å². The van der Waals surface area contributed by atoms with Crippen molar-refractivity contribution in [2.24, 2.45) is 0 Å². The van der Waals surface area contributed by atoms with Crippen LogP contribution in [0.1, 0.15) is 24.2 Å². The van der Waals surface area contributed by atoms with Crippen molar-refractivity contribution in [2.45, 2.75) is 19.6 Å². The summed E-state index contributed by atoms with van der Waals surface area (Å²) >= 11 is 0. The number of ether oxygens (including phenoxy) is 2. The van der Waals surface area contributed by atoms with Crippen LogP contribution in [0, 0.1) is 5.82 Å². The number of hydrogen-bond donors (Lipinski definition) is 1. The summed E-state index contributed by atoms with van der Waals surface area (Å²) in [7, 11) is 1.60. The molecule has 0 amide bonds. The van der Waals surface area contributed by atoms with Gasteiger partial charge in [-0.15, -0.1) is 0 Å². The zero-order valence-corrected chi connectivity index (χ0v) is 11.5. The van der Waals surface area contributed by atoms with Crippen LogP contribution < -0.4 is 9.47 Å². The number of aliphatic hydroxyl groups excluding tert-OH is 1. The Kier molecular flexibility index (Phi) is 4.58. The van der Waals surface area contributed by atoms with Gasteiger partial charge < -0.3 is 14.6 Å². The maximum atomic E-state index is 13.2. The Morgan fingerprint density at radius 1 is 1.15 bits per heavy atom. The normalized spacial score (nSPS) is 12.0. The van der Waals surface area contributed by atoms with Gasteiger partial charge in [-0.2, -0.15) is 0 Å². The minimum atomic E-state index is -0.793. The largest absolute Gasteiger partial charge is 0.496 e. The van der Waals surface area contributed by atoms with E-state index in [9.17, 15) is 9.50 Å². The SMILES string of the molecule is COc1ccccc1COc1ccc(F)cc1C(C)O. The van der Waals surface area contributed by atoms with Crippen molar-refractivity contribution < 1.29 is 19.0 Å². The van der Waals surface area contributed by atoms with Gasteiger partial charge in [-0.1, -0.05) is 18.2 Å². The first-order valence-electron chi connectivity index (χ1n) is 6.34. The van der Waals surface area contributed by atoms with E-state index in [-0.39, 0.29) is 6.61 Å². The first-order chi connectivity index (χ1) is 9.61. The second-order valence-electron chi connectivity index (χ2n) is 4.46. The summed E-state index contributed by atoms with van der Waals surface area (Å²) in [5.74, 6) is 0.797. The van der Waals surface area contributed by atoms with E-state index in [0.717, 1.165) is 11.3 Å². The van der Waals surface area contributed by atoms with Crippen LogP contribution in [-0.4, -0.2) is 12.2 Å². The van der Waals surface area contributed by atoms with Crippen molar-refractivity contribution in [3.05, 3.63) is 59.4 Å². The zero-order chi connectivity index (χ0) is 14.5. The Balaban J connectivity index is 2.19. The molecule has 0 fully saturated rings. The molecular weight excluding hydrogens is 259 g/mol. The van der Waals surface area contributed by atoms with Crippen LogP contribution in [0.3, 0.4) is 0 Å². The molecule has 4 heteroatoms. The van der Waals surface area contributed by atoms with Crippen LogP contribution in [0.15, 0.2) is 42.5 Å². The highest BCUT2D eigenvalue weighted by molar-refractivity contribution is 5.37. The minimum Gasteiger partial charge on any atom is -0.496 e. The van der Waals surface area contributed by atoms with Crippen LogP contribution in [0.5, 0.6) is 11.5 Å². The van der Waals surface area contributed by atoms with Crippen LogP contribution in [0.2, 0.25) is 0 Å². The third-order valence-corrected chi connectivity index (χ3v) is 3.00. The van der Waals surface area contributed by atoms with Crippen molar-refractivity contribution in [1.82, 2.24) is 0 Å². The predicted molar refractivity (Wildman–Crippen MR) is 74.4 cm³/mol. The van der Waals surface area contributed by atoms with Crippen molar-refractivity contribution >= 4 is 0 Å². The fraction of sp³-hybridized carbons (Fsp3) is 0.250. The summed E-state index contributed by atoms with van der Waals surface area (Å²) < 4.78 is 24.1. The van der Waals surface area contributed by atoms with E-state index in [0.29, 0.717) is 11.3 Å². The molecule has 1 atom stereocenters. The molecule has 0 aromatic heterocycles. The van der Waals surface area contributed by atoms with Crippen LogP contribution in [0.4, 0.5) is 4.39 Å². The molecule has 0 bridgehead atoms. The molecule has 0 aliphatic heterocycles. The molecule has 0 heterocycles. The molecule has 0 radical (unpaired) electrons. The highest BCUT2D eigenvalue weighted by Crippen LogP contribution is 2.28. The molecule has 2 aromatic carbocycles. The van der Waals surface area contributed by atoms with E-state index >= 15 is 0 Å².